The van der Waals surface area contributed by atoms with Crippen LogP contribution >= 0.6 is 0 Å². The van der Waals surface area contributed by atoms with Gasteiger partial charge >= 0.3 is 0 Å². The number of nitrogens with one attached hydrogen (secondary N) is 1. The van der Waals surface area contributed by atoms with Gasteiger partial charge < -0.3 is 14.8 Å². The average molecular weight is 261 g/mol. The fourth-order valence-electron chi connectivity index (χ4n) is 3.26. The zero-order chi connectivity index (χ0) is 13.2. The lowest BCUT2D eigenvalue weighted by Gasteiger charge is -2.24. The van der Waals surface area contributed by atoms with Crippen molar-refractivity contribution in [3.05, 3.63) is 29.3 Å². The molecule has 0 aromatic heterocycles. The quantitative estimate of drug-likeness (QED) is 0.904. The van der Waals surface area contributed by atoms with Gasteiger partial charge in [0.15, 0.2) is 0 Å². The van der Waals surface area contributed by atoms with Crippen LogP contribution in [0.15, 0.2) is 18.2 Å². The third-order valence-electron chi connectivity index (χ3n) is 4.20. The summed E-state index contributed by atoms with van der Waals surface area (Å²) in [4.78, 5) is 0. The van der Waals surface area contributed by atoms with Crippen LogP contribution in [0.3, 0.4) is 0 Å². The van der Waals surface area contributed by atoms with Crippen LogP contribution in [0, 0.1) is 5.92 Å². The first kappa shape index (κ1) is 12.9. The van der Waals surface area contributed by atoms with Crippen molar-refractivity contribution in [1.29, 1.82) is 0 Å². The van der Waals surface area contributed by atoms with Crippen molar-refractivity contribution in [3.8, 4) is 5.75 Å². The number of ether oxygens (including phenoxy) is 2. The Morgan fingerprint density at radius 3 is 3.05 bits per heavy atom. The molecule has 1 fully saturated rings. The Kier molecular flexibility index (Phi) is 3.76. The van der Waals surface area contributed by atoms with Crippen LogP contribution in [-0.4, -0.2) is 25.9 Å². The molecule has 0 radical (unpaired) electrons. The molecule has 1 aromatic rings. The highest BCUT2D eigenvalue weighted by atomic mass is 16.5. The third kappa shape index (κ3) is 2.63. The van der Waals surface area contributed by atoms with Crippen molar-refractivity contribution in [2.45, 2.75) is 38.8 Å². The van der Waals surface area contributed by atoms with Gasteiger partial charge in [-0.2, -0.15) is 0 Å². The SMILES string of the molecule is CCNC(c1ccc2c(c1)CCO2)C1COC(C)C1. The van der Waals surface area contributed by atoms with Gasteiger partial charge in [0.2, 0.25) is 0 Å². The van der Waals surface area contributed by atoms with E-state index in [4.69, 9.17) is 9.47 Å². The first-order valence-corrected chi connectivity index (χ1v) is 7.38. The topological polar surface area (TPSA) is 30.5 Å². The monoisotopic (exact) mass is 261 g/mol. The summed E-state index contributed by atoms with van der Waals surface area (Å²) in [5.74, 6) is 1.64. The molecule has 104 valence electrons. The Balaban J connectivity index is 1.83. The van der Waals surface area contributed by atoms with E-state index in [1.807, 2.05) is 0 Å². The lowest BCUT2D eigenvalue weighted by atomic mass is 9.90. The highest BCUT2D eigenvalue weighted by Crippen LogP contribution is 2.35. The molecule has 1 aromatic carbocycles. The minimum absolute atomic E-state index is 0.393. The van der Waals surface area contributed by atoms with E-state index in [2.05, 4.69) is 37.4 Å². The molecule has 3 heteroatoms. The van der Waals surface area contributed by atoms with Crippen molar-refractivity contribution in [2.24, 2.45) is 5.92 Å². The van der Waals surface area contributed by atoms with Crippen molar-refractivity contribution < 1.29 is 9.47 Å². The summed E-state index contributed by atoms with van der Waals surface area (Å²) in [6, 6.07) is 7.06. The second kappa shape index (κ2) is 5.51. The van der Waals surface area contributed by atoms with Gasteiger partial charge in [-0.3, -0.25) is 0 Å². The van der Waals surface area contributed by atoms with Gasteiger partial charge in [-0.1, -0.05) is 19.1 Å². The predicted octanol–water partition coefficient (Wildman–Crippen LogP) is 2.70. The molecule has 2 heterocycles. The molecule has 3 unspecified atom stereocenters. The van der Waals surface area contributed by atoms with Crippen LogP contribution in [0.5, 0.6) is 5.75 Å². The molecular formula is C16H23NO2. The summed E-state index contributed by atoms with van der Waals surface area (Å²) in [5.41, 5.74) is 2.74. The number of hydrogen-bond donors (Lipinski definition) is 1. The Morgan fingerprint density at radius 1 is 1.42 bits per heavy atom. The Bertz CT molecular complexity index is 446. The van der Waals surface area contributed by atoms with Crippen molar-refractivity contribution in [2.75, 3.05) is 19.8 Å². The molecule has 0 saturated carbocycles. The molecule has 0 spiro atoms. The van der Waals surface area contributed by atoms with E-state index in [1.54, 1.807) is 0 Å². The minimum atomic E-state index is 0.393. The lowest BCUT2D eigenvalue weighted by Crippen LogP contribution is -2.28. The molecule has 3 atom stereocenters. The summed E-state index contributed by atoms with van der Waals surface area (Å²) >= 11 is 0. The number of rotatable bonds is 4. The van der Waals surface area contributed by atoms with Crippen LogP contribution in [-0.2, 0) is 11.2 Å². The van der Waals surface area contributed by atoms with Crippen LogP contribution in [0.1, 0.15) is 37.4 Å². The number of benzene rings is 1. The number of fused-ring (bicyclic) bond motifs is 1. The molecule has 19 heavy (non-hydrogen) atoms. The van der Waals surface area contributed by atoms with Crippen molar-refractivity contribution in [3.63, 3.8) is 0 Å². The highest BCUT2D eigenvalue weighted by molar-refractivity contribution is 5.41. The minimum Gasteiger partial charge on any atom is -0.493 e. The Labute approximate surface area is 115 Å². The molecule has 1 saturated heterocycles. The Morgan fingerprint density at radius 2 is 2.32 bits per heavy atom. The van der Waals surface area contributed by atoms with E-state index in [0.29, 0.717) is 18.1 Å². The molecule has 3 rings (SSSR count). The molecule has 3 nitrogen and oxygen atoms in total. The first-order chi connectivity index (χ1) is 9.28. The maximum absolute atomic E-state index is 5.74. The second-order valence-corrected chi connectivity index (χ2v) is 5.64. The van der Waals surface area contributed by atoms with Crippen LogP contribution < -0.4 is 10.1 Å². The van der Waals surface area contributed by atoms with Gasteiger partial charge in [-0.05, 0) is 37.1 Å². The van der Waals surface area contributed by atoms with Crippen LogP contribution in [0.25, 0.3) is 0 Å². The average Bonchev–Trinajstić information content (AvgIpc) is 3.03. The van der Waals surface area contributed by atoms with Crippen molar-refractivity contribution in [1.82, 2.24) is 5.32 Å². The summed E-state index contributed by atoms with van der Waals surface area (Å²) in [7, 11) is 0. The fraction of sp³-hybridized carbons (Fsp3) is 0.625. The van der Waals surface area contributed by atoms with Gasteiger partial charge in [0.05, 0.1) is 19.3 Å². The lowest BCUT2D eigenvalue weighted by molar-refractivity contribution is 0.117. The van der Waals surface area contributed by atoms with Crippen molar-refractivity contribution >= 4 is 0 Å². The van der Waals surface area contributed by atoms with Gasteiger partial charge in [0.1, 0.15) is 5.75 Å². The number of hydrogen-bond acceptors (Lipinski definition) is 3. The fourth-order valence-corrected chi connectivity index (χ4v) is 3.26. The van der Waals surface area contributed by atoms with Crippen LogP contribution in [0.2, 0.25) is 0 Å². The molecule has 0 bridgehead atoms. The molecule has 0 aliphatic carbocycles. The third-order valence-corrected chi connectivity index (χ3v) is 4.20. The van der Waals surface area contributed by atoms with Gasteiger partial charge in [0, 0.05) is 18.4 Å². The van der Waals surface area contributed by atoms with Gasteiger partial charge in [-0.25, -0.2) is 0 Å². The Hall–Kier alpha value is -1.06. The van der Waals surface area contributed by atoms with Gasteiger partial charge in [-0.15, -0.1) is 0 Å². The first-order valence-electron chi connectivity index (χ1n) is 7.38. The van der Waals surface area contributed by atoms with E-state index >= 15 is 0 Å². The van der Waals surface area contributed by atoms with E-state index < -0.39 is 0 Å². The zero-order valence-electron chi connectivity index (χ0n) is 11.8. The smallest absolute Gasteiger partial charge is 0.122 e. The largest absolute Gasteiger partial charge is 0.493 e. The van der Waals surface area contributed by atoms with E-state index in [-0.39, 0.29) is 0 Å². The van der Waals surface area contributed by atoms with E-state index in [9.17, 15) is 0 Å². The summed E-state index contributed by atoms with van der Waals surface area (Å²) in [5, 5.41) is 3.63. The van der Waals surface area contributed by atoms with Gasteiger partial charge in [0.25, 0.3) is 0 Å². The summed E-state index contributed by atoms with van der Waals surface area (Å²) in [6.45, 7) is 7.02. The molecule has 2 aliphatic rings. The van der Waals surface area contributed by atoms with E-state index in [0.717, 1.165) is 38.3 Å². The maximum atomic E-state index is 5.74. The normalized spacial score (nSPS) is 27.1. The van der Waals surface area contributed by atoms with Crippen LogP contribution in [0.4, 0.5) is 0 Å². The molecule has 2 aliphatic heterocycles. The van der Waals surface area contributed by atoms with E-state index in [1.165, 1.54) is 11.1 Å². The molecular weight excluding hydrogens is 238 g/mol. The zero-order valence-corrected chi connectivity index (χ0v) is 11.8. The highest BCUT2D eigenvalue weighted by Gasteiger charge is 2.30. The maximum Gasteiger partial charge on any atom is 0.122 e. The molecule has 0 amide bonds. The summed E-state index contributed by atoms with van der Waals surface area (Å²) < 4.78 is 11.3. The standard InChI is InChI=1S/C16H23NO2/c1-3-17-16(14-8-11(2)19-10-14)13-4-5-15-12(9-13)6-7-18-15/h4-5,9,11,14,16-17H,3,6-8,10H2,1-2H3. The molecule has 1 N–H and O–H groups in total. The predicted molar refractivity (Wildman–Crippen MR) is 75.6 cm³/mol. The summed E-state index contributed by atoms with van der Waals surface area (Å²) in [6.07, 6.45) is 2.58. The second-order valence-electron chi connectivity index (χ2n) is 5.64.